The third kappa shape index (κ3) is 3.60. The lowest BCUT2D eigenvalue weighted by molar-refractivity contribution is 0.0728. The maximum Gasteiger partial charge on any atom is 0.255 e. The van der Waals surface area contributed by atoms with Crippen LogP contribution in [0.2, 0.25) is 10.0 Å². The monoisotopic (exact) mass is 366 g/mol. The Bertz CT molecular complexity index is 755. The first-order chi connectivity index (χ1) is 11.5. The molecule has 2 heterocycles. The third-order valence-electron chi connectivity index (χ3n) is 4.18. The number of aryl methyl sites for hydroxylation is 1. The molecular formula is C18H20Cl2N2O2. The second-order valence-electron chi connectivity index (χ2n) is 6.49. The van der Waals surface area contributed by atoms with E-state index in [2.05, 4.69) is 18.8 Å². The van der Waals surface area contributed by atoms with Gasteiger partial charge in [0.1, 0.15) is 11.5 Å². The van der Waals surface area contributed by atoms with Crippen LogP contribution >= 0.6 is 23.2 Å². The van der Waals surface area contributed by atoms with Gasteiger partial charge in [0.2, 0.25) is 0 Å². The fraction of sp³-hybridized carbons (Fsp3) is 0.444. The number of hydrogen-bond donors (Lipinski definition) is 0. The molecule has 0 unspecified atom stereocenters. The maximum atomic E-state index is 12.7. The van der Waals surface area contributed by atoms with E-state index >= 15 is 0 Å². The van der Waals surface area contributed by atoms with Crippen LogP contribution in [-0.2, 0) is 19.4 Å². The number of nitrogens with zero attached hydrogens (tertiary/aromatic N) is 2. The van der Waals surface area contributed by atoms with E-state index in [0.29, 0.717) is 41.0 Å². The lowest BCUT2D eigenvalue weighted by Crippen LogP contribution is -2.36. The first kappa shape index (κ1) is 17.3. The Morgan fingerprint density at radius 3 is 2.92 bits per heavy atom. The fourth-order valence-corrected chi connectivity index (χ4v) is 3.17. The van der Waals surface area contributed by atoms with Gasteiger partial charge in [0.05, 0.1) is 22.2 Å². The van der Waals surface area contributed by atoms with Crippen molar-refractivity contribution in [2.24, 2.45) is 5.92 Å². The summed E-state index contributed by atoms with van der Waals surface area (Å²) in [4.78, 5) is 19.0. The SMILES string of the molecule is CC(C)CCc1nc2c(o1)CCN(C(=O)c1cccc(Cl)c1Cl)C2. The molecule has 0 aliphatic carbocycles. The molecule has 1 aliphatic heterocycles. The number of benzene rings is 1. The predicted octanol–water partition coefficient (Wildman–Crippen LogP) is 4.77. The molecule has 0 fully saturated rings. The smallest absolute Gasteiger partial charge is 0.255 e. The van der Waals surface area contributed by atoms with Crippen molar-refractivity contribution in [3.05, 3.63) is 51.2 Å². The summed E-state index contributed by atoms with van der Waals surface area (Å²) in [5.41, 5.74) is 1.28. The molecule has 128 valence electrons. The van der Waals surface area contributed by atoms with Crippen LogP contribution in [0, 0.1) is 5.92 Å². The number of carbonyl (C=O) groups is 1. The standard InChI is InChI=1S/C18H20Cl2N2O2/c1-11(2)6-7-16-21-14-10-22(9-8-15(14)24-16)18(23)12-4-3-5-13(19)17(12)20/h3-5,11H,6-10H2,1-2H3. The van der Waals surface area contributed by atoms with E-state index in [9.17, 15) is 4.79 Å². The van der Waals surface area contributed by atoms with Crippen LogP contribution in [0.5, 0.6) is 0 Å². The summed E-state index contributed by atoms with van der Waals surface area (Å²) in [6.45, 7) is 5.39. The van der Waals surface area contributed by atoms with E-state index < -0.39 is 0 Å². The Balaban J connectivity index is 1.75. The van der Waals surface area contributed by atoms with Crippen LogP contribution in [-0.4, -0.2) is 22.3 Å². The van der Waals surface area contributed by atoms with Gasteiger partial charge in [-0.3, -0.25) is 4.79 Å². The Morgan fingerprint density at radius 1 is 1.38 bits per heavy atom. The minimum absolute atomic E-state index is 0.125. The molecule has 4 nitrogen and oxygen atoms in total. The van der Waals surface area contributed by atoms with Crippen molar-refractivity contribution in [3.63, 3.8) is 0 Å². The van der Waals surface area contributed by atoms with Gasteiger partial charge in [0, 0.05) is 19.4 Å². The van der Waals surface area contributed by atoms with E-state index in [1.165, 1.54) is 0 Å². The van der Waals surface area contributed by atoms with E-state index in [4.69, 9.17) is 27.6 Å². The summed E-state index contributed by atoms with van der Waals surface area (Å²) in [7, 11) is 0. The highest BCUT2D eigenvalue weighted by atomic mass is 35.5. The minimum atomic E-state index is -0.125. The molecule has 1 aromatic heterocycles. The Kier molecular flexibility index (Phi) is 5.16. The van der Waals surface area contributed by atoms with E-state index in [1.807, 2.05) is 0 Å². The summed E-state index contributed by atoms with van der Waals surface area (Å²) in [6, 6.07) is 5.10. The van der Waals surface area contributed by atoms with Gasteiger partial charge in [-0.05, 0) is 24.5 Å². The van der Waals surface area contributed by atoms with Gasteiger partial charge in [-0.25, -0.2) is 4.98 Å². The molecule has 0 N–H and O–H groups in total. The Morgan fingerprint density at radius 2 is 2.17 bits per heavy atom. The van der Waals surface area contributed by atoms with Crippen molar-refractivity contribution in [2.75, 3.05) is 6.54 Å². The van der Waals surface area contributed by atoms with Crippen molar-refractivity contribution in [1.82, 2.24) is 9.88 Å². The molecule has 1 amide bonds. The first-order valence-electron chi connectivity index (χ1n) is 8.16. The zero-order valence-electron chi connectivity index (χ0n) is 13.8. The van der Waals surface area contributed by atoms with Crippen LogP contribution in [0.4, 0.5) is 0 Å². The third-order valence-corrected chi connectivity index (χ3v) is 5.00. The Hall–Kier alpha value is -1.52. The minimum Gasteiger partial charge on any atom is -0.445 e. The average Bonchev–Trinajstić information content (AvgIpc) is 2.97. The molecule has 1 aromatic carbocycles. The molecule has 0 spiro atoms. The van der Waals surface area contributed by atoms with Crippen molar-refractivity contribution < 1.29 is 9.21 Å². The van der Waals surface area contributed by atoms with Gasteiger partial charge < -0.3 is 9.32 Å². The number of oxazole rings is 1. The average molecular weight is 367 g/mol. The van der Waals surface area contributed by atoms with Crippen LogP contribution < -0.4 is 0 Å². The van der Waals surface area contributed by atoms with Crippen molar-refractivity contribution in [1.29, 1.82) is 0 Å². The van der Waals surface area contributed by atoms with Crippen LogP contribution in [0.25, 0.3) is 0 Å². The molecular weight excluding hydrogens is 347 g/mol. The second kappa shape index (κ2) is 7.16. The molecule has 0 saturated carbocycles. The van der Waals surface area contributed by atoms with Gasteiger partial charge in [0.15, 0.2) is 5.89 Å². The van der Waals surface area contributed by atoms with Gasteiger partial charge in [-0.15, -0.1) is 0 Å². The topological polar surface area (TPSA) is 46.3 Å². The number of aromatic nitrogens is 1. The lowest BCUT2D eigenvalue weighted by Gasteiger charge is -2.25. The molecule has 0 saturated heterocycles. The molecule has 0 atom stereocenters. The summed E-state index contributed by atoms with van der Waals surface area (Å²) < 4.78 is 5.84. The van der Waals surface area contributed by atoms with Crippen LogP contribution in [0.1, 0.15) is 48.0 Å². The number of rotatable bonds is 4. The molecule has 0 bridgehead atoms. The largest absolute Gasteiger partial charge is 0.445 e. The van der Waals surface area contributed by atoms with Crippen molar-refractivity contribution in [3.8, 4) is 0 Å². The zero-order valence-corrected chi connectivity index (χ0v) is 15.3. The van der Waals surface area contributed by atoms with E-state index in [0.717, 1.165) is 30.2 Å². The van der Waals surface area contributed by atoms with Crippen molar-refractivity contribution >= 4 is 29.1 Å². The summed E-state index contributed by atoms with van der Waals surface area (Å²) in [6.07, 6.45) is 2.55. The normalized spacial score (nSPS) is 14.1. The summed E-state index contributed by atoms with van der Waals surface area (Å²) in [5.74, 6) is 2.15. The first-order valence-corrected chi connectivity index (χ1v) is 8.92. The fourth-order valence-electron chi connectivity index (χ4n) is 2.78. The highest BCUT2D eigenvalue weighted by molar-refractivity contribution is 6.43. The molecule has 0 radical (unpaired) electrons. The van der Waals surface area contributed by atoms with E-state index in [1.54, 1.807) is 23.1 Å². The quantitative estimate of drug-likeness (QED) is 0.782. The predicted molar refractivity (Wildman–Crippen MR) is 94.6 cm³/mol. The maximum absolute atomic E-state index is 12.7. The van der Waals surface area contributed by atoms with E-state index in [-0.39, 0.29) is 5.91 Å². The van der Waals surface area contributed by atoms with Gasteiger partial charge >= 0.3 is 0 Å². The number of halogens is 2. The Labute approximate surface area is 151 Å². The number of fused-ring (bicyclic) bond motifs is 1. The summed E-state index contributed by atoms with van der Waals surface area (Å²) in [5, 5.41) is 0.686. The van der Waals surface area contributed by atoms with Crippen molar-refractivity contribution in [2.45, 2.75) is 39.7 Å². The van der Waals surface area contributed by atoms with Gasteiger partial charge in [-0.1, -0.05) is 43.1 Å². The highest BCUT2D eigenvalue weighted by Crippen LogP contribution is 2.28. The van der Waals surface area contributed by atoms with Gasteiger partial charge in [0.25, 0.3) is 5.91 Å². The molecule has 6 heteroatoms. The van der Waals surface area contributed by atoms with Crippen LogP contribution in [0.3, 0.4) is 0 Å². The molecule has 2 aromatic rings. The van der Waals surface area contributed by atoms with Gasteiger partial charge in [-0.2, -0.15) is 0 Å². The number of hydrogen-bond acceptors (Lipinski definition) is 3. The summed E-state index contributed by atoms with van der Waals surface area (Å²) >= 11 is 12.2. The molecule has 24 heavy (non-hydrogen) atoms. The van der Waals surface area contributed by atoms with Crippen LogP contribution in [0.15, 0.2) is 22.6 Å². The zero-order chi connectivity index (χ0) is 17.3. The number of amides is 1. The number of carbonyl (C=O) groups excluding carboxylic acids is 1. The second-order valence-corrected chi connectivity index (χ2v) is 7.27. The molecule has 3 rings (SSSR count). The highest BCUT2D eigenvalue weighted by Gasteiger charge is 2.27. The lowest BCUT2D eigenvalue weighted by atomic mass is 10.1. The molecule has 1 aliphatic rings.